The average Bonchev–Trinajstić information content (AvgIpc) is 2.46. The summed E-state index contributed by atoms with van der Waals surface area (Å²) in [6, 6.07) is 3.81. The van der Waals surface area contributed by atoms with Crippen LogP contribution in [0.1, 0.15) is 6.42 Å². The largest absolute Gasteiger partial charge is 0.469 e. The van der Waals surface area contributed by atoms with Crippen LogP contribution in [0.4, 0.5) is 11.5 Å². The fourth-order valence-corrected chi connectivity index (χ4v) is 2.17. The number of methoxy groups -OCH3 is 1. The number of hydrogen-bond acceptors (Lipinski definition) is 6. The van der Waals surface area contributed by atoms with Gasteiger partial charge in [0.05, 0.1) is 25.4 Å². The van der Waals surface area contributed by atoms with Crippen molar-refractivity contribution in [3.8, 4) is 0 Å². The Balaban J connectivity index is 1.79. The molecule has 0 aromatic carbocycles. The summed E-state index contributed by atoms with van der Waals surface area (Å²) in [4.78, 5) is 19.8. The Kier molecular flexibility index (Phi) is 4.57. The first-order valence-corrected chi connectivity index (χ1v) is 6.44. The van der Waals surface area contributed by atoms with E-state index in [4.69, 9.17) is 5.73 Å². The van der Waals surface area contributed by atoms with E-state index in [-0.39, 0.29) is 5.97 Å². The van der Waals surface area contributed by atoms with Gasteiger partial charge < -0.3 is 15.4 Å². The molecule has 0 aliphatic carbocycles. The third kappa shape index (κ3) is 3.82. The van der Waals surface area contributed by atoms with Gasteiger partial charge in [0.1, 0.15) is 5.82 Å². The van der Waals surface area contributed by atoms with E-state index in [1.165, 1.54) is 7.11 Å². The molecule has 1 aromatic heterocycles. The van der Waals surface area contributed by atoms with Gasteiger partial charge in [0, 0.05) is 32.7 Å². The monoisotopic (exact) mass is 264 g/mol. The summed E-state index contributed by atoms with van der Waals surface area (Å²) in [6.07, 6.45) is 2.26. The number of aromatic nitrogens is 1. The molecule has 0 radical (unpaired) electrons. The van der Waals surface area contributed by atoms with Crippen LogP contribution in [0, 0.1) is 0 Å². The minimum absolute atomic E-state index is 0.148. The molecule has 0 spiro atoms. The van der Waals surface area contributed by atoms with Gasteiger partial charge >= 0.3 is 5.97 Å². The Morgan fingerprint density at radius 2 is 2.11 bits per heavy atom. The number of esters is 1. The summed E-state index contributed by atoms with van der Waals surface area (Å²) in [5.74, 6) is 0.394. The summed E-state index contributed by atoms with van der Waals surface area (Å²) in [5.41, 5.74) is 6.68. The molecule has 1 aliphatic heterocycles. The van der Waals surface area contributed by atoms with Gasteiger partial charge in [-0.2, -0.15) is 0 Å². The van der Waals surface area contributed by atoms with E-state index in [1.807, 2.05) is 12.1 Å². The predicted molar refractivity (Wildman–Crippen MR) is 73.9 cm³/mol. The normalized spacial score (nSPS) is 16.4. The first-order chi connectivity index (χ1) is 9.19. The fourth-order valence-electron chi connectivity index (χ4n) is 2.17. The van der Waals surface area contributed by atoms with Crippen LogP contribution in [0.25, 0.3) is 0 Å². The highest BCUT2D eigenvalue weighted by Crippen LogP contribution is 2.16. The van der Waals surface area contributed by atoms with Crippen molar-refractivity contribution in [1.29, 1.82) is 0 Å². The van der Waals surface area contributed by atoms with E-state index in [9.17, 15) is 4.79 Å². The van der Waals surface area contributed by atoms with E-state index in [1.54, 1.807) is 6.20 Å². The lowest BCUT2D eigenvalue weighted by Gasteiger charge is -2.35. The number of pyridine rings is 1. The molecule has 1 saturated heterocycles. The smallest absolute Gasteiger partial charge is 0.306 e. The maximum atomic E-state index is 11.1. The molecule has 0 bridgehead atoms. The Hall–Kier alpha value is -1.82. The second kappa shape index (κ2) is 6.38. The molecule has 1 aliphatic rings. The molecule has 6 heteroatoms. The molecule has 6 nitrogen and oxygen atoms in total. The van der Waals surface area contributed by atoms with E-state index >= 15 is 0 Å². The van der Waals surface area contributed by atoms with E-state index in [2.05, 4.69) is 19.5 Å². The third-order valence-corrected chi connectivity index (χ3v) is 3.37. The molecule has 0 unspecified atom stereocenters. The Labute approximate surface area is 113 Å². The van der Waals surface area contributed by atoms with Gasteiger partial charge in [-0.15, -0.1) is 0 Å². The number of piperazine rings is 1. The van der Waals surface area contributed by atoms with Crippen LogP contribution in [0.5, 0.6) is 0 Å². The van der Waals surface area contributed by atoms with E-state index < -0.39 is 0 Å². The number of carbonyl (C=O) groups excluding carboxylic acids is 1. The van der Waals surface area contributed by atoms with Crippen molar-refractivity contribution in [3.63, 3.8) is 0 Å². The maximum absolute atomic E-state index is 11.1. The Bertz CT molecular complexity index is 413. The average molecular weight is 264 g/mol. The second-order valence-corrected chi connectivity index (χ2v) is 4.60. The highest BCUT2D eigenvalue weighted by atomic mass is 16.5. The molecule has 2 heterocycles. The van der Waals surface area contributed by atoms with Crippen molar-refractivity contribution in [2.24, 2.45) is 0 Å². The molecular formula is C13H20N4O2. The van der Waals surface area contributed by atoms with Crippen molar-refractivity contribution in [2.45, 2.75) is 6.42 Å². The van der Waals surface area contributed by atoms with Crippen molar-refractivity contribution in [3.05, 3.63) is 18.3 Å². The first-order valence-electron chi connectivity index (χ1n) is 6.44. The van der Waals surface area contributed by atoms with Crippen LogP contribution in [0.15, 0.2) is 18.3 Å². The minimum Gasteiger partial charge on any atom is -0.469 e. The molecule has 2 N–H and O–H groups in total. The molecule has 0 amide bonds. The lowest BCUT2D eigenvalue weighted by Crippen LogP contribution is -2.47. The zero-order valence-corrected chi connectivity index (χ0v) is 11.2. The predicted octanol–water partition coefficient (Wildman–Crippen LogP) is 0.349. The number of nitrogen functional groups attached to an aromatic ring is 1. The zero-order chi connectivity index (χ0) is 13.7. The third-order valence-electron chi connectivity index (χ3n) is 3.37. The van der Waals surface area contributed by atoms with Crippen LogP contribution in [0.3, 0.4) is 0 Å². The molecular weight excluding hydrogens is 244 g/mol. The van der Waals surface area contributed by atoms with Gasteiger partial charge in [0.25, 0.3) is 0 Å². The standard InChI is InChI=1S/C13H20N4O2/c1-19-13(18)4-5-16-6-8-17(9-7-16)11-2-3-12(14)15-10-11/h2-3,10H,4-9H2,1H3,(H2,14,15). The number of rotatable bonds is 4. The lowest BCUT2D eigenvalue weighted by molar-refractivity contribution is -0.141. The lowest BCUT2D eigenvalue weighted by atomic mass is 10.2. The highest BCUT2D eigenvalue weighted by molar-refractivity contribution is 5.69. The zero-order valence-electron chi connectivity index (χ0n) is 11.2. The summed E-state index contributed by atoms with van der Waals surface area (Å²) in [6.45, 7) is 4.53. The van der Waals surface area contributed by atoms with Gasteiger partial charge in [0.15, 0.2) is 0 Å². The SMILES string of the molecule is COC(=O)CCN1CCN(c2ccc(N)nc2)CC1. The number of nitrogens with two attached hydrogens (primary N) is 1. The number of ether oxygens (including phenoxy) is 1. The first kappa shape index (κ1) is 13.6. The van der Waals surface area contributed by atoms with Crippen molar-refractivity contribution in [2.75, 3.05) is 50.5 Å². The maximum Gasteiger partial charge on any atom is 0.306 e. The summed E-state index contributed by atoms with van der Waals surface area (Å²) < 4.78 is 4.65. The quantitative estimate of drug-likeness (QED) is 0.791. The molecule has 104 valence electrons. The van der Waals surface area contributed by atoms with Gasteiger partial charge in [-0.1, -0.05) is 0 Å². The van der Waals surface area contributed by atoms with Gasteiger partial charge in [0.2, 0.25) is 0 Å². The van der Waals surface area contributed by atoms with Crippen LogP contribution in [-0.4, -0.2) is 55.7 Å². The number of hydrogen-bond donors (Lipinski definition) is 1. The van der Waals surface area contributed by atoms with Crippen molar-refractivity contribution in [1.82, 2.24) is 9.88 Å². The van der Waals surface area contributed by atoms with Crippen LogP contribution >= 0.6 is 0 Å². The molecule has 0 atom stereocenters. The van der Waals surface area contributed by atoms with Gasteiger partial charge in [-0.3, -0.25) is 9.69 Å². The molecule has 1 aromatic rings. The summed E-state index contributed by atoms with van der Waals surface area (Å²) in [7, 11) is 1.42. The van der Waals surface area contributed by atoms with E-state index in [0.29, 0.717) is 12.2 Å². The Morgan fingerprint density at radius 1 is 1.37 bits per heavy atom. The van der Waals surface area contributed by atoms with Gasteiger partial charge in [-0.05, 0) is 12.1 Å². The highest BCUT2D eigenvalue weighted by Gasteiger charge is 2.17. The summed E-state index contributed by atoms with van der Waals surface area (Å²) in [5, 5.41) is 0. The van der Waals surface area contributed by atoms with Crippen molar-refractivity contribution >= 4 is 17.5 Å². The Morgan fingerprint density at radius 3 is 2.68 bits per heavy atom. The second-order valence-electron chi connectivity index (χ2n) is 4.60. The molecule has 0 saturated carbocycles. The molecule has 1 fully saturated rings. The van der Waals surface area contributed by atoms with E-state index in [0.717, 1.165) is 38.4 Å². The van der Waals surface area contributed by atoms with Crippen LogP contribution in [-0.2, 0) is 9.53 Å². The fraction of sp³-hybridized carbons (Fsp3) is 0.538. The topological polar surface area (TPSA) is 71.7 Å². The molecule has 19 heavy (non-hydrogen) atoms. The van der Waals surface area contributed by atoms with Gasteiger partial charge in [-0.25, -0.2) is 4.98 Å². The number of nitrogens with zero attached hydrogens (tertiary/aromatic N) is 3. The number of anilines is 2. The minimum atomic E-state index is -0.148. The van der Waals surface area contributed by atoms with Crippen molar-refractivity contribution < 1.29 is 9.53 Å². The van der Waals surface area contributed by atoms with Crippen LogP contribution < -0.4 is 10.6 Å². The number of carbonyl (C=O) groups is 1. The summed E-state index contributed by atoms with van der Waals surface area (Å²) >= 11 is 0. The molecule has 2 rings (SSSR count). The van der Waals surface area contributed by atoms with Crippen LogP contribution in [0.2, 0.25) is 0 Å².